The number of nitriles is 2. The normalized spacial score (nSPS) is 11.2. The molecule has 0 spiro atoms. The number of benzene rings is 13. The van der Waals surface area contributed by atoms with Crippen LogP contribution in [0.25, 0.3) is 179 Å². The first-order valence-electron chi connectivity index (χ1n) is 32.2. The van der Waals surface area contributed by atoms with Gasteiger partial charge in [0.2, 0.25) is 0 Å². The zero-order valence-corrected chi connectivity index (χ0v) is 52.5. The van der Waals surface area contributed by atoms with Crippen molar-refractivity contribution in [2.45, 2.75) is 0 Å². The summed E-state index contributed by atoms with van der Waals surface area (Å²) in [5.41, 5.74) is 23.3. The van der Waals surface area contributed by atoms with E-state index >= 15 is 0 Å². The number of para-hydroxylation sites is 2. The second-order valence-corrected chi connectivity index (χ2v) is 24.0. The maximum atomic E-state index is 10.0. The van der Waals surface area contributed by atoms with Crippen molar-refractivity contribution in [1.82, 2.24) is 39.9 Å². The number of aromatic nitrogens is 8. The molecule has 10 nitrogen and oxygen atoms in total. The van der Waals surface area contributed by atoms with Crippen LogP contribution < -0.4 is 0 Å². The lowest BCUT2D eigenvalue weighted by atomic mass is 9.87. The Hall–Kier alpha value is -13.8. The highest BCUT2D eigenvalue weighted by Gasteiger charge is 2.25. The van der Waals surface area contributed by atoms with E-state index in [9.17, 15) is 10.5 Å². The van der Waals surface area contributed by atoms with Gasteiger partial charge in [-0.05, 0) is 104 Å². The fourth-order valence-corrected chi connectivity index (χ4v) is 13.1. The van der Waals surface area contributed by atoms with Crippen molar-refractivity contribution in [2.75, 3.05) is 0 Å². The van der Waals surface area contributed by atoms with Crippen LogP contribution in [0.2, 0.25) is 0 Å². The van der Waals surface area contributed by atoms with Crippen LogP contribution in [0.5, 0.6) is 0 Å². The quantitative estimate of drug-likeness (QED) is 0.108. The van der Waals surface area contributed by atoms with Crippen LogP contribution in [-0.2, 0) is 0 Å². The lowest BCUT2D eigenvalue weighted by Crippen LogP contribution is -2.00. The summed E-state index contributed by atoms with van der Waals surface area (Å²) in [6, 6.07) is 111. The molecule has 4 heterocycles. The molecule has 0 aliphatic heterocycles. The first-order valence-corrected chi connectivity index (χ1v) is 32.2. The average molecular weight is 1250 g/mol. The van der Waals surface area contributed by atoms with Gasteiger partial charge in [0.15, 0.2) is 11.6 Å². The first-order chi connectivity index (χ1) is 48.4. The Bertz CT molecular complexity index is 5930. The number of nitrogens with zero attached hydrogens (tertiary/aromatic N) is 10. The van der Waals surface area contributed by atoms with Gasteiger partial charge >= 0.3 is 0 Å². The Kier molecular flexibility index (Phi) is 14.8. The second kappa shape index (κ2) is 24.9. The number of fused-ring (bicyclic) bond motifs is 4. The molecule has 0 aliphatic rings. The SMILES string of the molecule is N#Cc1cccc(-c2nc3ccc(-c4ccc(-c5cc(-c6c7ccccc7c(-c7nc8ccccc8nc7-c7cccc(C#N)c7)c7ccccc67)nc(-c6ccccc6)n5)cc4)cc3nc2-c2ccc(-c3ccc(-c4cc(-c5ccccc5)nc(-c5ccccc5)n4)cc3)cc2)c1. The van der Waals surface area contributed by atoms with E-state index in [1.807, 2.05) is 152 Å². The number of rotatable bonds is 12. The topological polar surface area (TPSA) is 151 Å². The maximum absolute atomic E-state index is 10.0. The van der Waals surface area contributed by atoms with Gasteiger partial charge in [0.25, 0.3) is 0 Å². The third-order valence-corrected chi connectivity index (χ3v) is 18.0. The molecule has 98 heavy (non-hydrogen) atoms. The summed E-state index contributed by atoms with van der Waals surface area (Å²) in [4.78, 5) is 42.2. The second-order valence-electron chi connectivity index (χ2n) is 24.0. The van der Waals surface area contributed by atoms with Gasteiger partial charge in [-0.3, -0.25) is 0 Å². The Morgan fingerprint density at radius 2 is 0.520 bits per heavy atom. The summed E-state index contributed by atoms with van der Waals surface area (Å²) in [7, 11) is 0. The minimum absolute atomic E-state index is 0.539. The van der Waals surface area contributed by atoms with Crippen molar-refractivity contribution in [3.63, 3.8) is 0 Å². The summed E-state index contributed by atoms with van der Waals surface area (Å²) >= 11 is 0. The Labute approximate surface area is 564 Å². The standard InChI is InChI=1S/C88H52N10/c89-53-55-18-16-26-67(48-55)84-83(63-44-38-58(39-45-63)57-34-40-61(41-35-57)77-51-76(60-20-4-1-5-21-60)95-87(96-77)64-22-6-2-7-23-64)94-79-50-66(46-47-75(79)92-84)59-36-42-62(43-37-59)78-52-80(98-88(97-78)65-24-8-3-9-25-65)81-69-28-10-12-30-71(69)82(72-31-13-11-29-70(72)81)86-85(68-27-17-19-56(49-68)54-90)91-73-32-14-15-33-74(73)93-86/h1-52H. The smallest absolute Gasteiger partial charge is 0.160 e. The molecule has 4 aromatic heterocycles. The molecule has 17 aromatic rings. The number of hydrogen-bond donors (Lipinski definition) is 0. The third kappa shape index (κ3) is 11.0. The fourth-order valence-electron chi connectivity index (χ4n) is 13.1. The molecule has 0 aliphatic carbocycles. The minimum Gasteiger partial charge on any atom is -0.244 e. The molecule has 0 unspecified atom stereocenters. The van der Waals surface area contributed by atoms with Crippen molar-refractivity contribution >= 4 is 43.6 Å². The van der Waals surface area contributed by atoms with E-state index in [4.69, 9.17) is 39.9 Å². The highest BCUT2D eigenvalue weighted by molar-refractivity contribution is 6.22. The largest absolute Gasteiger partial charge is 0.244 e. The molecule has 10 heteroatoms. The summed E-state index contributed by atoms with van der Waals surface area (Å²) in [6.07, 6.45) is 0. The summed E-state index contributed by atoms with van der Waals surface area (Å²) < 4.78 is 0. The molecule has 0 bridgehead atoms. The van der Waals surface area contributed by atoms with Crippen molar-refractivity contribution in [2.24, 2.45) is 0 Å². The van der Waals surface area contributed by atoms with E-state index in [0.717, 1.165) is 150 Å². The maximum Gasteiger partial charge on any atom is 0.160 e. The van der Waals surface area contributed by atoms with Crippen LogP contribution in [0.3, 0.4) is 0 Å². The molecule has 0 atom stereocenters. The van der Waals surface area contributed by atoms with E-state index < -0.39 is 0 Å². The van der Waals surface area contributed by atoms with E-state index in [0.29, 0.717) is 39.9 Å². The Morgan fingerprint density at radius 3 is 1.01 bits per heavy atom. The zero-order valence-electron chi connectivity index (χ0n) is 52.5. The average Bonchev–Trinajstić information content (AvgIpc) is 0.730. The molecule has 0 radical (unpaired) electrons. The van der Waals surface area contributed by atoms with Crippen molar-refractivity contribution in [3.05, 3.63) is 327 Å². The molecule has 0 N–H and O–H groups in total. The third-order valence-electron chi connectivity index (χ3n) is 18.0. The summed E-state index contributed by atoms with van der Waals surface area (Å²) in [5.74, 6) is 1.27. The van der Waals surface area contributed by atoms with Gasteiger partial charge in [-0.25, -0.2) is 39.9 Å². The van der Waals surface area contributed by atoms with Crippen molar-refractivity contribution in [3.8, 4) is 147 Å². The van der Waals surface area contributed by atoms with Gasteiger partial charge in [0, 0.05) is 55.6 Å². The molecule has 17 rings (SSSR count). The monoisotopic (exact) mass is 1250 g/mol. The molecule has 0 fully saturated rings. The highest BCUT2D eigenvalue weighted by Crippen LogP contribution is 2.47. The van der Waals surface area contributed by atoms with Gasteiger partial charge in [-0.15, -0.1) is 0 Å². The lowest BCUT2D eigenvalue weighted by molar-refractivity contribution is 1.18. The Morgan fingerprint density at radius 1 is 0.194 bits per heavy atom. The van der Waals surface area contributed by atoms with Gasteiger partial charge in [-0.2, -0.15) is 10.5 Å². The molecular weight excluding hydrogens is 1200 g/mol. The fraction of sp³-hybridized carbons (Fsp3) is 0. The highest BCUT2D eigenvalue weighted by atomic mass is 14.9. The first kappa shape index (κ1) is 58.1. The van der Waals surface area contributed by atoms with Crippen LogP contribution in [0.15, 0.2) is 315 Å². The molecule has 0 saturated carbocycles. The predicted octanol–water partition coefficient (Wildman–Crippen LogP) is 21.2. The summed E-state index contributed by atoms with van der Waals surface area (Å²) in [6.45, 7) is 0. The van der Waals surface area contributed by atoms with Gasteiger partial charge in [0.1, 0.15) is 0 Å². The van der Waals surface area contributed by atoms with Gasteiger partial charge in [0.05, 0.1) is 90.9 Å². The van der Waals surface area contributed by atoms with Crippen LogP contribution in [0.4, 0.5) is 0 Å². The zero-order chi connectivity index (χ0) is 65.5. The van der Waals surface area contributed by atoms with Gasteiger partial charge in [-0.1, -0.05) is 255 Å². The predicted molar refractivity (Wildman–Crippen MR) is 393 cm³/mol. The van der Waals surface area contributed by atoms with E-state index in [2.05, 4.69) is 170 Å². The van der Waals surface area contributed by atoms with Crippen LogP contribution in [0, 0.1) is 22.7 Å². The van der Waals surface area contributed by atoms with E-state index in [-0.39, 0.29) is 0 Å². The molecule has 0 saturated heterocycles. The van der Waals surface area contributed by atoms with Crippen LogP contribution in [-0.4, -0.2) is 39.9 Å². The van der Waals surface area contributed by atoms with Gasteiger partial charge < -0.3 is 0 Å². The van der Waals surface area contributed by atoms with Crippen LogP contribution in [0.1, 0.15) is 11.1 Å². The molecule has 454 valence electrons. The number of hydrogen-bond acceptors (Lipinski definition) is 10. The lowest BCUT2D eigenvalue weighted by Gasteiger charge is -2.19. The minimum atomic E-state index is 0.539. The van der Waals surface area contributed by atoms with E-state index in [1.54, 1.807) is 6.07 Å². The molecule has 0 amide bonds. The summed E-state index contributed by atoms with van der Waals surface area (Å²) in [5, 5.41) is 24.0. The molecule has 13 aromatic carbocycles. The van der Waals surface area contributed by atoms with Crippen molar-refractivity contribution in [1.29, 1.82) is 10.5 Å². The molecular formula is C88H52N10. The van der Waals surface area contributed by atoms with E-state index in [1.165, 1.54) is 0 Å². The Balaban J connectivity index is 0.727. The van der Waals surface area contributed by atoms with Crippen LogP contribution >= 0.6 is 0 Å². The van der Waals surface area contributed by atoms with Crippen molar-refractivity contribution < 1.29 is 0 Å².